The van der Waals surface area contributed by atoms with Crippen LogP contribution in [0, 0.1) is 18.3 Å². The molecule has 0 radical (unpaired) electrons. The monoisotopic (exact) mass is 256 g/mol. The van der Waals surface area contributed by atoms with E-state index >= 15 is 0 Å². The molecule has 0 aliphatic rings. The zero-order valence-corrected chi connectivity index (χ0v) is 10.8. The topological polar surface area (TPSA) is 61.9 Å². The summed E-state index contributed by atoms with van der Waals surface area (Å²) in [6, 6.07) is 7.89. The Balaban J connectivity index is 2.01. The minimum Gasteiger partial charge on any atom is -0.289 e. The molecule has 0 N–H and O–H groups in total. The molecule has 2 rings (SSSR count). The molecule has 5 heteroatoms. The molecular weight excluding hydrogens is 244 g/mol. The summed E-state index contributed by atoms with van der Waals surface area (Å²) in [5.74, 6) is -0.368. The SMILES string of the molecule is Cc1csc([C@@H](C#N)C=NCc2ccccn2)n1. The van der Waals surface area contributed by atoms with Crippen LogP contribution in [-0.4, -0.2) is 16.2 Å². The number of nitriles is 1. The molecule has 0 spiro atoms. The van der Waals surface area contributed by atoms with Crippen molar-refractivity contribution in [2.24, 2.45) is 4.99 Å². The lowest BCUT2D eigenvalue weighted by atomic mass is 10.2. The Morgan fingerprint density at radius 1 is 1.56 bits per heavy atom. The normalized spacial score (nSPS) is 12.4. The number of thiazole rings is 1. The maximum absolute atomic E-state index is 9.10. The van der Waals surface area contributed by atoms with Gasteiger partial charge < -0.3 is 0 Å². The number of aliphatic imine (C=N–C) groups is 1. The maximum Gasteiger partial charge on any atom is 0.133 e. The number of hydrogen-bond acceptors (Lipinski definition) is 5. The van der Waals surface area contributed by atoms with Gasteiger partial charge in [0.05, 0.1) is 18.3 Å². The molecule has 0 fully saturated rings. The number of nitrogens with zero attached hydrogens (tertiary/aromatic N) is 4. The van der Waals surface area contributed by atoms with Crippen LogP contribution in [0.1, 0.15) is 22.3 Å². The fourth-order valence-corrected chi connectivity index (χ4v) is 2.21. The number of pyridine rings is 1. The number of rotatable bonds is 4. The standard InChI is InChI=1S/C13H12N4S/c1-10-9-18-13(17-10)11(6-14)7-15-8-12-4-2-3-5-16-12/h2-5,7,9,11H,8H2,1H3/t11-/m0/s1. The lowest BCUT2D eigenvalue weighted by molar-refractivity contribution is 0.979. The summed E-state index contributed by atoms with van der Waals surface area (Å²) in [5.41, 5.74) is 1.83. The molecule has 1 atom stereocenters. The molecule has 0 aromatic carbocycles. The van der Waals surface area contributed by atoms with Crippen LogP contribution in [0.4, 0.5) is 0 Å². The average molecular weight is 256 g/mol. The highest BCUT2D eigenvalue weighted by Gasteiger charge is 2.11. The van der Waals surface area contributed by atoms with Crippen molar-refractivity contribution in [2.45, 2.75) is 19.4 Å². The Morgan fingerprint density at radius 3 is 3.06 bits per heavy atom. The van der Waals surface area contributed by atoms with Gasteiger partial charge in [0.15, 0.2) is 0 Å². The van der Waals surface area contributed by atoms with Crippen molar-refractivity contribution >= 4 is 17.6 Å². The number of aromatic nitrogens is 2. The van der Waals surface area contributed by atoms with E-state index < -0.39 is 0 Å². The zero-order chi connectivity index (χ0) is 12.8. The van der Waals surface area contributed by atoms with Crippen molar-refractivity contribution in [1.82, 2.24) is 9.97 Å². The first-order valence-electron chi connectivity index (χ1n) is 5.51. The van der Waals surface area contributed by atoms with Crippen molar-refractivity contribution in [2.75, 3.05) is 0 Å². The van der Waals surface area contributed by atoms with E-state index in [9.17, 15) is 0 Å². The smallest absolute Gasteiger partial charge is 0.133 e. The van der Waals surface area contributed by atoms with Crippen LogP contribution in [-0.2, 0) is 6.54 Å². The maximum atomic E-state index is 9.10. The summed E-state index contributed by atoms with van der Waals surface area (Å²) in [5, 5.41) is 11.8. The van der Waals surface area contributed by atoms with Crippen molar-refractivity contribution in [1.29, 1.82) is 5.26 Å². The Kier molecular flexibility index (Phi) is 4.15. The molecule has 2 aromatic rings. The second-order valence-electron chi connectivity index (χ2n) is 3.74. The quantitative estimate of drug-likeness (QED) is 0.790. The molecule has 2 aromatic heterocycles. The van der Waals surface area contributed by atoms with Gasteiger partial charge in [0, 0.05) is 23.5 Å². The highest BCUT2D eigenvalue weighted by atomic mass is 32.1. The Bertz CT molecular complexity index is 568. The van der Waals surface area contributed by atoms with Crippen LogP contribution in [0.5, 0.6) is 0 Å². The summed E-state index contributed by atoms with van der Waals surface area (Å²) < 4.78 is 0. The Hall–Kier alpha value is -2.06. The summed E-state index contributed by atoms with van der Waals surface area (Å²) in [7, 11) is 0. The predicted molar refractivity (Wildman–Crippen MR) is 71.6 cm³/mol. The third kappa shape index (κ3) is 3.22. The Morgan fingerprint density at radius 2 is 2.44 bits per heavy atom. The molecule has 4 nitrogen and oxygen atoms in total. The second-order valence-corrected chi connectivity index (χ2v) is 4.63. The van der Waals surface area contributed by atoms with Gasteiger partial charge in [-0.25, -0.2) is 4.98 Å². The van der Waals surface area contributed by atoms with E-state index in [2.05, 4.69) is 21.0 Å². The van der Waals surface area contributed by atoms with Crippen molar-refractivity contribution < 1.29 is 0 Å². The zero-order valence-electron chi connectivity index (χ0n) is 9.95. The second kappa shape index (κ2) is 6.03. The van der Waals surface area contributed by atoms with Gasteiger partial charge in [-0.05, 0) is 19.1 Å². The van der Waals surface area contributed by atoms with Gasteiger partial charge in [0.25, 0.3) is 0 Å². The lowest BCUT2D eigenvalue weighted by Crippen LogP contribution is -1.97. The summed E-state index contributed by atoms with van der Waals surface area (Å²) in [4.78, 5) is 12.7. The lowest BCUT2D eigenvalue weighted by Gasteiger charge is -1.98. The summed E-state index contributed by atoms with van der Waals surface area (Å²) >= 11 is 1.49. The number of aryl methyl sites for hydroxylation is 1. The molecule has 18 heavy (non-hydrogen) atoms. The van der Waals surface area contributed by atoms with Gasteiger partial charge in [0.1, 0.15) is 10.9 Å². The van der Waals surface area contributed by atoms with Gasteiger partial charge in [0.2, 0.25) is 0 Å². The Labute approximate surface area is 110 Å². The van der Waals surface area contributed by atoms with E-state index in [4.69, 9.17) is 5.26 Å². The first kappa shape index (κ1) is 12.4. The van der Waals surface area contributed by atoms with Gasteiger partial charge in [-0.1, -0.05) is 6.07 Å². The third-order valence-corrected chi connectivity index (χ3v) is 3.32. The summed E-state index contributed by atoms with van der Waals surface area (Å²) in [6.07, 6.45) is 3.38. The fourth-order valence-electron chi connectivity index (χ4n) is 1.41. The number of hydrogen-bond donors (Lipinski definition) is 0. The largest absolute Gasteiger partial charge is 0.289 e. The summed E-state index contributed by atoms with van der Waals surface area (Å²) in [6.45, 7) is 2.41. The molecular formula is C13H12N4S. The van der Waals surface area contributed by atoms with E-state index in [1.807, 2.05) is 30.5 Å². The van der Waals surface area contributed by atoms with Crippen molar-refractivity contribution in [3.63, 3.8) is 0 Å². The fraction of sp³-hybridized carbons (Fsp3) is 0.231. The van der Waals surface area contributed by atoms with Gasteiger partial charge in [-0.2, -0.15) is 5.26 Å². The highest BCUT2D eigenvalue weighted by molar-refractivity contribution is 7.09. The molecule has 0 saturated heterocycles. The minimum absolute atomic E-state index is 0.368. The van der Waals surface area contributed by atoms with Crippen LogP contribution in [0.2, 0.25) is 0 Å². The average Bonchev–Trinajstić information content (AvgIpc) is 2.82. The van der Waals surface area contributed by atoms with E-state index in [-0.39, 0.29) is 5.92 Å². The van der Waals surface area contributed by atoms with Crippen LogP contribution >= 0.6 is 11.3 Å². The van der Waals surface area contributed by atoms with Gasteiger partial charge in [-0.3, -0.25) is 9.98 Å². The first-order valence-corrected chi connectivity index (χ1v) is 6.39. The molecule has 0 unspecified atom stereocenters. The predicted octanol–water partition coefficient (Wildman–Crippen LogP) is 2.72. The van der Waals surface area contributed by atoms with Crippen LogP contribution in [0.3, 0.4) is 0 Å². The molecule has 0 aliphatic carbocycles. The van der Waals surface area contributed by atoms with E-state index in [1.54, 1.807) is 12.4 Å². The molecule has 2 heterocycles. The molecule has 0 bridgehead atoms. The van der Waals surface area contributed by atoms with Crippen LogP contribution in [0.25, 0.3) is 0 Å². The molecule has 90 valence electrons. The van der Waals surface area contributed by atoms with Gasteiger partial charge in [-0.15, -0.1) is 11.3 Å². The van der Waals surface area contributed by atoms with Gasteiger partial charge >= 0.3 is 0 Å². The van der Waals surface area contributed by atoms with Crippen molar-refractivity contribution in [3.05, 3.63) is 46.2 Å². The van der Waals surface area contributed by atoms with Crippen LogP contribution in [0.15, 0.2) is 34.8 Å². The highest BCUT2D eigenvalue weighted by Crippen LogP contribution is 2.18. The first-order chi connectivity index (χ1) is 8.79. The van der Waals surface area contributed by atoms with E-state index in [1.165, 1.54) is 11.3 Å². The minimum atomic E-state index is -0.368. The van der Waals surface area contributed by atoms with Crippen molar-refractivity contribution in [3.8, 4) is 6.07 Å². The van der Waals surface area contributed by atoms with E-state index in [0.29, 0.717) is 6.54 Å². The van der Waals surface area contributed by atoms with E-state index in [0.717, 1.165) is 16.4 Å². The molecule has 0 amide bonds. The molecule has 0 saturated carbocycles. The molecule has 0 aliphatic heterocycles. The van der Waals surface area contributed by atoms with Crippen LogP contribution < -0.4 is 0 Å². The third-order valence-electron chi connectivity index (χ3n) is 2.28.